The first-order valence-corrected chi connectivity index (χ1v) is 8.03. The van der Waals surface area contributed by atoms with Crippen LogP contribution in [0.25, 0.3) is 0 Å². The lowest BCUT2D eigenvalue weighted by atomic mass is 10.2. The van der Waals surface area contributed by atoms with E-state index in [1.54, 1.807) is 32.4 Å². The Morgan fingerprint density at radius 1 is 1.19 bits per heavy atom. The summed E-state index contributed by atoms with van der Waals surface area (Å²) in [5, 5.41) is 0. The Labute approximate surface area is 107 Å². The van der Waals surface area contributed by atoms with Crippen LogP contribution in [-0.4, -0.2) is 19.1 Å². The predicted octanol–water partition coefficient (Wildman–Crippen LogP) is 2.53. The fourth-order valence-electron chi connectivity index (χ4n) is 1.14. The number of nitrogens with zero attached hydrogens (tertiary/aromatic N) is 2. The lowest BCUT2D eigenvalue weighted by Gasteiger charge is -1.94. The summed E-state index contributed by atoms with van der Waals surface area (Å²) in [5.74, 6) is 0.994. The van der Waals surface area contributed by atoms with Crippen molar-refractivity contribution in [3.05, 3.63) is 40.7 Å². The summed E-state index contributed by atoms with van der Waals surface area (Å²) in [6, 6.07) is 10.5. The molecule has 0 atom stereocenters. The van der Waals surface area contributed by atoms with Crippen LogP contribution in [-0.2, 0) is 5.75 Å². The van der Waals surface area contributed by atoms with Crippen molar-refractivity contribution < 1.29 is 0 Å². The van der Waals surface area contributed by atoms with Crippen LogP contribution >= 0.6 is 32.4 Å². The van der Waals surface area contributed by atoms with Gasteiger partial charge in [-0.3, -0.25) is 4.58 Å². The van der Waals surface area contributed by atoms with Crippen molar-refractivity contribution in [1.82, 2.24) is 9.56 Å². The highest BCUT2D eigenvalue weighted by molar-refractivity contribution is 8.01. The number of rotatable bonds is 3. The largest absolute Gasteiger partial charge is 0.389 e. The molecule has 0 saturated heterocycles. The summed E-state index contributed by atoms with van der Waals surface area (Å²) < 4.78 is 3.20. The van der Waals surface area contributed by atoms with E-state index in [4.69, 9.17) is 0 Å². The van der Waals surface area contributed by atoms with Gasteiger partial charge in [-0.2, -0.15) is 0 Å². The van der Waals surface area contributed by atoms with Crippen LogP contribution in [0.15, 0.2) is 34.7 Å². The third-order valence-electron chi connectivity index (χ3n) is 1.96. The Hall–Kier alpha value is -0.650. The van der Waals surface area contributed by atoms with Crippen LogP contribution in [0.1, 0.15) is 5.56 Å². The molecule has 0 fully saturated rings. The highest BCUT2D eigenvalue weighted by Crippen LogP contribution is 2.24. The molecule has 0 saturated carbocycles. The van der Waals surface area contributed by atoms with Gasteiger partial charge in [0, 0.05) is 16.1 Å². The van der Waals surface area contributed by atoms with E-state index in [-0.39, 0.29) is 0 Å². The quantitative estimate of drug-likeness (QED) is 0.483. The third-order valence-corrected chi connectivity index (χ3v) is 5.79. The first-order valence-electron chi connectivity index (χ1n) is 4.90. The lowest BCUT2D eigenvalue weighted by molar-refractivity contribution is 0.795. The summed E-state index contributed by atoms with van der Waals surface area (Å²) in [4.78, 5) is 5.63. The van der Waals surface area contributed by atoms with Crippen LogP contribution in [0.4, 0.5) is 0 Å². The molecule has 0 aliphatic heterocycles. The zero-order valence-electron chi connectivity index (χ0n) is 9.21. The average Bonchev–Trinajstić information content (AvgIpc) is 2.76. The Morgan fingerprint density at radius 3 is 2.56 bits per heavy atom. The van der Waals surface area contributed by atoms with E-state index >= 15 is 0 Å². The SMILES string of the molecule is C[N+](C)=c1nc(SCc2ccccc2)ss1. The maximum atomic E-state index is 4.55. The van der Waals surface area contributed by atoms with Gasteiger partial charge in [0.15, 0.2) is 0 Å². The van der Waals surface area contributed by atoms with Crippen LogP contribution in [0.5, 0.6) is 0 Å². The van der Waals surface area contributed by atoms with Crippen LogP contribution in [0, 0.1) is 0 Å². The van der Waals surface area contributed by atoms with E-state index < -0.39 is 0 Å². The molecule has 0 aliphatic rings. The molecule has 1 aromatic carbocycles. The molecular weight excluding hydrogens is 256 g/mol. The smallest absolute Gasteiger partial charge is 0.254 e. The predicted molar refractivity (Wildman–Crippen MR) is 73.1 cm³/mol. The molecule has 2 rings (SSSR count). The summed E-state index contributed by atoms with van der Waals surface area (Å²) >= 11 is 1.80. The number of hydrogen-bond donors (Lipinski definition) is 0. The summed E-state index contributed by atoms with van der Waals surface area (Å²) in [5.41, 5.74) is 1.35. The zero-order valence-corrected chi connectivity index (χ0v) is 11.7. The molecule has 5 heteroatoms. The van der Waals surface area contributed by atoms with E-state index in [9.17, 15) is 0 Å². The molecule has 0 spiro atoms. The van der Waals surface area contributed by atoms with Crippen molar-refractivity contribution >= 4 is 32.4 Å². The van der Waals surface area contributed by atoms with E-state index in [2.05, 4.69) is 29.2 Å². The van der Waals surface area contributed by atoms with Gasteiger partial charge in [-0.1, -0.05) is 42.1 Å². The molecule has 1 aromatic heterocycles. The molecule has 0 aliphatic carbocycles. The first-order chi connectivity index (χ1) is 7.75. The molecule has 0 N–H and O–H groups in total. The van der Waals surface area contributed by atoms with Crippen molar-refractivity contribution in [2.45, 2.75) is 10.1 Å². The minimum atomic E-state index is 0.994. The van der Waals surface area contributed by atoms with Gasteiger partial charge < -0.3 is 0 Å². The summed E-state index contributed by atoms with van der Waals surface area (Å²) in [6.45, 7) is 0. The molecule has 2 nitrogen and oxygen atoms in total. The van der Waals surface area contributed by atoms with E-state index in [0.29, 0.717) is 0 Å². The zero-order chi connectivity index (χ0) is 11.4. The van der Waals surface area contributed by atoms with Gasteiger partial charge in [0.2, 0.25) is 0 Å². The van der Waals surface area contributed by atoms with Crippen molar-refractivity contribution in [2.24, 2.45) is 0 Å². The minimum absolute atomic E-state index is 0.994. The normalized spacial score (nSPS) is 10.4. The van der Waals surface area contributed by atoms with Crippen molar-refractivity contribution in [2.75, 3.05) is 14.1 Å². The van der Waals surface area contributed by atoms with Crippen LogP contribution in [0.2, 0.25) is 0 Å². The van der Waals surface area contributed by atoms with Gasteiger partial charge in [0.1, 0.15) is 0 Å². The molecule has 16 heavy (non-hydrogen) atoms. The fourth-order valence-corrected chi connectivity index (χ4v) is 4.65. The van der Waals surface area contributed by atoms with Crippen molar-refractivity contribution in [3.63, 3.8) is 0 Å². The topological polar surface area (TPSA) is 15.9 Å². The molecule has 0 amide bonds. The van der Waals surface area contributed by atoms with Crippen molar-refractivity contribution in [1.29, 1.82) is 0 Å². The maximum Gasteiger partial charge on any atom is 0.389 e. The first kappa shape index (κ1) is 11.8. The maximum absolute atomic E-state index is 4.55. The van der Waals surface area contributed by atoms with Gasteiger partial charge >= 0.3 is 4.80 Å². The number of aromatic nitrogens is 1. The number of hydrogen-bond acceptors (Lipinski definition) is 4. The second-order valence-electron chi connectivity index (χ2n) is 3.50. The summed E-state index contributed by atoms with van der Waals surface area (Å²) in [6.07, 6.45) is 0. The Balaban J connectivity index is 2.03. The Bertz CT molecular complexity index is 509. The molecule has 0 radical (unpaired) electrons. The van der Waals surface area contributed by atoms with Crippen molar-refractivity contribution in [3.8, 4) is 0 Å². The summed E-state index contributed by atoms with van der Waals surface area (Å²) in [7, 11) is 7.53. The fraction of sp³-hybridized carbons (Fsp3) is 0.273. The minimum Gasteiger partial charge on any atom is -0.254 e. The second kappa shape index (κ2) is 5.61. The van der Waals surface area contributed by atoms with Crippen LogP contribution < -0.4 is 9.38 Å². The van der Waals surface area contributed by atoms with E-state index in [0.717, 1.165) is 14.9 Å². The molecule has 0 bridgehead atoms. The highest BCUT2D eigenvalue weighted by Gasteiger charge is 2.08. The van der Waals surface area contributed by atoms with Crippen LogP contribution in [0.3, 0.4) is 0 Å². The Kier molecular flexibility index (Phi) is 4.15. The van der Waals surface area contributed by atoms with Gasteiger partial charge in [-0.15, -0.1) is 0 Å². The Morgan fingerprint density at radius 2 is 1.94 bits per heavy atom. The molecule has 0 unspecified atom stereocenters. The van der Waals surface area contributed by atoms with E-state index in [1.165, 1.54) is 5.56 Å². The van der Waals surface area contributed by atoms with E-state index in [1.807, 2.05) is 24.7 Å². The standard InChI is InChI=1S/C11H13N2S3/c1-13(2)10-12-11(16-15-10)14-8-9-6-4-3-5-7-9/h3-7H,8H2,1-2H3/q+1. The van der Waals surface area contributed by atoms with Gasteiger partial charge in [-0.25, -0.2) is 0 Å². The van der Waals surface area contributed by atoms with Gasteiger partial charge in [0.05, 0.1) is 14.1 Å². The average molecular weight is 269 g/mol. The lowest BCUT2D eigenvalue weighted by Crippen LogP contribution is -2.19. The number of benzene rings is 1. The molecule has 2 aromatic rings. The highest BCUT2D eigenvalue weighted by atomic mass is 32.9. The monoisotopic (exact) mass is 269 g/mol. The molecule has 84 valence electrons. The third kappa shape index (κ3) is 3.17. The molecular formula is C11H13N2S3+. The molecule has 1 heterocycles. The van der Waals surface area contributed by atoms with Gasteiger partial charge in [0.25, 0.3) is 4.34 Å². The second-order valence-corrected chi connectivity index (χ2v) is 6.80. The number of thioether (sulfide) groups is 1. The van der Waals surface area contributed by atoms with Gasteiger partial charge in [-0.05, 0) is 20.9 Å².